The Morgan fingerprint density at radius 1 is 1.53 bits per heavy atom. The molecule has 0 aliphatic rings. The number of carbonyl (C=O) groups is 1. The number of carbonyl (C=O) groups excluding carboxylic acids is 1. The van der Waals surface area contributed by atoms with Gasteiger partial charge in [-0.2, -0.15) is 0 Å². The van der Waals surface area contributed by atoms with Crippen LogP contribution in [0.4, 0.5) is 0 Å². The smallest absolute Gasteiger partial charge is 0.252 e. The molecular formula is C11H10BrNOS. The predicted octanol–water partition coefficient (Wildman–Crippen LogP) is 3.41. The van der Waals surface area contributed by atoms with Gasteiger partial charge in [0, 0.05) is 26.5 Å². The van der Waals surface area contributed by atoms with Gasteiger partial charge in [0.05, 0.1) is 5.56 Å². The maximum absolute atomic E-state index is 11.7. The Balaban J connectivity index is 2.54. The fourth-order valence-corrected chi connectivity index (χ4v) is 3.06. The van der Waals surface area contributed by atoms with Crippen LogP contribution in [0.3, 0.4) is 0 Å². The van der Waals surface area contributed by atoms with E-state index in [1.54, 1.807) is 11.3 Å². The first-order valence-corrected chi connectivity index (χ1v) is 6.35. The molecule has 2 rings (SSSR count). The summed E-state index contributed by atoms with van der Waals surface area (Å²) in [5, 5.41) is 5.73. The van der Waals surface area contributed by atoms with E-state index >= 15 is 0 Å². The molecule has 0 aliphatic heterocycles. The number of hydrogen-bond donors (Lipinski definition) is 1. The highest BCUT2D eigenvalue weighted by atomic mass is 79.9. The van der Waals surface area contributed by atoms with Crippen molar-refractivity contribution in [2.24, 2.45) is 0 Å². The summed E-state index contributed by atoms with van der Waals surface area (Å²) in [7, 11) is 0. The average Bonchev–Trinajstić information content (AvgIpc) is 2.63. The summed E-state index contributed by atoms with van der Waals surface area (Å²) in [6, 6.07) is 5.91. The highest BCUT2D eigenvalue weighted by molar-refractivity contribution is 9.10. The molecule has 0 atom stereocenters. The number of halogens is 1. The topological polar surface area (TPSA) is 29.1 Å². The number of hydrogen-bond acceptors (Lipinski definition) is 2. The van der Waals surface area contributed by atoms with Gasteiger partial charge in [0.2, 0.25) is 0 Å². The quantitative estimate of drug-likeness (QED) is 0.899. The van der Waals surface area contributed by atoms with E-state index in [4.69, 9.17) is 0 Å². The minimum absolute atomic E-state index is 0.00171. The van der Waals surface area contributed by atoms with Gasteiger partial charge in [0.15, 0.2) is 0 Å². The first kappa shape index (κ1) is 10.6. The van der Waals surface area contributed by atoms with E-state index in [1.165, 1.54) is 0 Å². The zero-order valence-electron chi connectivity index (χ0n) is 8.21. The van der Waals surface area contributed by atoms with Crippen LogP contribution >= 0.6 is 27.3 Å². The van der Waals surface area contributed by atoms with Gasteiger partial charge in [-0.3, -0.25) is 4.79 Å². The number of amides is 1. The molecular weight excluding hydrogens is 274 g/mol. The van der Waals surface area contributed by atoms with Gasteiger partial charge in [0.25, 0.3) is 5.91 Å². The molecule has 1 aromatic carbocycles. The maximum Gasteiger partial charge on any atom is 0.252 e. The minimum atomic E-state index is 0.00171. The zero-order valence-corrected chi connectivity index (χ0v) is 10.6. The highest BCUT2D eigenvalue weighted by Gasteiger charge is 2.12. The number of fused-ring (bicyclic) bond motifs is 1. The Morgan fingerprint density at radius 2 is 2.33 bits per heavy atom. The molecule has 4 heteroatoms. The lowest BCUT2D eigenvalue weighted by molar-refractivity contribution is 0.0958. The fourth-order valence-electron chi connectivity index (χ4n) is 1.45. The van der Waals surface area contributed by atoms with Gasteiger partial charge >= 0.3 is 0 Å². The van der Waals surface area contributed by atoms with E-state index < -0.39 is 0 Å². The fraction of sp³-hybridized carbons (Fsp3) is 0.182. The van der Waals surface area contributed by atoms with Crippen molar-refractivity contribution < 1.29 is 4.79 Å². The van der Waals surface area contributed by atoms with E-state index in [0.717, 1.165) is 20.1 Å². The molecule has 78 valence electrons. The van der Waals surface area contributed by atoms with Crippen LogP contribution in [0, 0.1) is 0 Å². The Bertz CT molecular complexity index is 506. The first-order chi connectivity index (χ1) is 7.24. The van der Waals surface area contributed by atoms with Crippen molar-refractivity contribution in [2.75, 3.05) is 6.54 Å². The number of benzene rings is 1. The summed E-state index contributed by atoms with van der Waals surface area (Å²) in [5.74, 6) is 0.00171. The van der Waals surface area contributed by atoms with Gasteiger partial charge in [-0.25, -0.2) is 0 Å². The second-order valence-electron chi connectivity index (χ2n) is 3.13. The lowest BCUT2D eigenvalue weighted by Crippen LogP contribution is -2.22. The van der Waals surface area contributed by atoms with Crippen molar-refractivity contribution in [1.29, 1.82) is 0 Å². The molecule has 0 unspecified atom stereocenters. The SMILES string of the molecule is CCNC(=O)c1csc2c(Br)cccc12. The molecule has 1 aromatic heterocycles. The molecule has 1 N–H and O–H groups in total. The molecule has 1 heterocycles. The van der Waals surface area contributed by atoms with Gasteiger partial charge < -0.3 is 5.32 Å². The third kappa shape index (κ3) is 1.92. The Kier molecular flexibility index (Phi) is 3.07. The van der Waals surface area contributed by atoms with Crippen LogP contribution in [0.25, 0.3) is 10.1 Å². The standard InChI is InChI=1S/C11H10BrNOS/c1-2-13-11(14)8-6-15-10-7(8)4-3-5-9(10)12/h3-6H,2H2,1H3,(H,13,14). The number of nitrogens with one attached hydrogen (secondary N) is 1. The number of rotatable bonds is 2. The summed E-state index contributed by atoms with van der Waals surface area (Å²) >= 11 is 5.06. The summed E-state index contributed by atoms with van der Waals surface area (Å²) < 4.78 is 2.17. The van der Waals surface area contributed by atoms with Crippen molar-refractivity contribution in [1.82, 2.24) is 5.32 Å². The van der Waals surface area contributed by atoms with Crippen molar-refractivity contribution >= 4 is 43.3 Å². The molecule has 0 radical (unpaired) electrons. The van der Waals surface area contributed by atoms with Gasteiger partial charge in [-0.1, -0.05) is 12.1 Å². The van der Waals surface area contributed by atoms with Crippen LogP contribution in [0.1, 0.15) is 17.3 Å². The predicted molar refractivity (Wildman–Crippen MR) is 67.5 cm³/mol. The molecule has 0 spiro atoms. The Labute approximate surface area is 100 Å². The zero-order chi connectivity index (χ0) is 10.8. The Morgan fingerprint density at radius 3 is 3.07 bits per heavy atom. The summed E-state index contributed by atoms with van der Waals surface area (Å²) in [6.07, 6.45) is 0. The maximum atomic E-state index is 11.7. The summed E-state index contributed by atoms with van der Waals surface area (Å²) in [5.41, 5.74) is 0.762. The molecule has 0 bridgehead atoms. The highest BCUT2D eigenvalue weighted by Crippen LogP contribution is 2.31. The van der Waals surface area contributed by atoms with Crippen molar-refractivity contribution in [3.05, 3.63) is 33.6 Å². The van der Waals surface area contributed by atoms with E-state index in [1.807, 2.05) is 30.5 Å². The normalized spacial score (nSPS) is 10.5. The van der Waals surface area contributed by atoms with Gasteiger partial charge in [-0.15, -0.1) is 11.3 Å². The van der Waals surface area contributed by atoms with E-state index in [-0.39, 0.29) is 5.91 Å². The summed E-state index contributed by atoms with van der Waals surface area (Å²) in [6.45, 7) is 2.58. The largest absolute Gasteiger partial charge is 0.352 e. The van der Waals surface area contributed by atoms with Crippen LogP contribution in [-0.2, 0) is 0 Å². The lowest BCUT2D eigenvalue weighted by Gasteiger charge is -2.00. The van der Waals surface area contributed by atoms with Crippen LogP contribution in [0.2, 0.25) is 0 Å². The molecule has 0 fully saturated rings. The monoisotopic (exact) mass is 283 g/mol. The molecule has 0 saturated carbocycles. The first-order valence-electron chi connectivity index (χ1n) is 4.68. The number of thiophene rings is 1. The molecule has 0 saturated heterocycles. The van der Waals surface area contributed by atoms with Crippen LogP contribution in [-0.4, -0.2) is 12.5 Å². The third-order valence-corrected chi connectivity index (χ3v) is 4.09. The van der Waals surface area contributed by atoms with Crippen LogP contribution in [0.5, 0.6) is 0 Å². The average molecular weight is 284 g/mol. The third-order valence-electron chi connectivity index (χ3n) is 2.13. The van der Waals surface area contributed by atoms with Crippen molar-refractivity contribution in [3.8, 4) is 0 Å². The molecule has 0 aliphatic carbocycles. The minimum Gasteiger partial charge on any atom is -0.352 e. The molecule has 1 amide bonds. The molecule has 2 aromatic rings. The van der Waals surface area contributed by atoms with E-state index in [2.05, 4.69) is 21.2 Å². The lowest BCUT2D eigenvalue weighted by atomic mass is 10.2. The van der Waals surface area contributed by atoms with Crippen LogP contribution < -0.4 is 5.32 Å². The second kappa shape index (κ2) is 4.33. The second-order valence-corrected chi connectivity index (χ2v) is 4.86. The molecule has 15 heavy (non-hydrogen) atoms. The van der Waals surface area contributed by atoms with Crippen LogP contribution in [0.15, 0.2) is 28.1 Å². The van der Waals surface area contributed by atoms with Crippen molar-refractivity contribution in [2.45, 2.75) is 6.92 Å². The molecule has 2 nitrogen and oxygen atoms in total. The van der Waals surface area contributed by atoms with Gasteiger partial charge in [0.1, 0.15) is 0 Å². The van der Waals surface area contributed by atoms with E-state index in [0.29, 0.717) is 6.54 Å². The van der Waals surface area contributed by atoms with Crippen molar-refractivity contribution in [3.63, 3.8) is 0 Å². The summed E-state index contributed by atoms with van der Waals surface area (Å²) in [4.78, 5) is 11.7. The van der Waals surface area contributed by atoms with E-state index in [9.17, 15) is 4.79 Å². The Hall–Kier alpha value is -0.870. The van der Waals surface area contributed by atoms with Gasteiger partial charge in [-0.05, 0) is 28.9 Å².